The lowest BCUT2D eigenvalue weighted by atomic mass is 10.1. The van der Waals surface area contributed by atoms with Crippen LogP contribution < -0.4 is 0 Å². The van der Waals surface area contributed by atoms with Crippen molar-refractivity contribution >= 4 is 17.3 Å². The van der Waals surface area contributed by atoms with Crippen molar-refractivity contribution in [2.24, 2.45) is 0 Å². The molecular weight excluding hydrogens is 172 g/mol. The van der Waals surface area contributed by atoms with E-state index in [1.807, 2.05) is 13.8 Å². The predicted molar refractivity (Wildman–Crippen MR) is 49.6 cm³/mol. The number of nitrogens with zero attached hydrogens (tertiary/aromatic N) is 2. The quantitative estimate of drug-likeness (QED) is 0.606. The van der Waals surface area contributed by atoms with Gasteiger partial charge in [-0.15, -0.1) is 0 Å². The Bertz CT molecular complexity index is 326. The Morgan fingerprint density at radius 3 is 2.67 bits per heavy atom. The second-order valence-electron chi connectivity index (χ2n) is 2.83. The molecule has 0 N–H and O–H groups in total. The van der Waals surface area contributed by atoms with Crippen LogP contribution in [0.15, 0.2) is 12.3 Å². The van der Waals surface area contributed by atoms with E-state index >= 15 is 0 Å². The molecule has 62 valence electrons. The molecule has 0 saturated heterocycles. The standard InChI is InChI=1S/C9H9ClN2/c1-6(2)9-8(10)4-7(11-3)5-12-9/h4-6H,1-2H3. The normalized spacial score (nSPS) is 9.92. The number of hydrogen-bond acceptors (Lipinski definition) is 1. The number of rotatable bonds is 1. The van der Waals surface area contributed by atoms with E-state index in [9.17, 15) is 0 Å². The van der Waals surface area contributed by atoms with Crippen LogP contribution in [0.1, 0.15) is 25.5 Å². The highest BCUT2D eigenvalue weighted by Crippen LogP contribution is 2.25. The SMILES string of the molecule is [C-]#[N+]c1cnc(C(C)C)c(Cl)c1. The Morgan fingerprint density at radius 1 is 1.58 bits per heavy atom. The van der Waals surface area contributed by atoms with Crippen LogP contribution >= 0.6 is 11.6 Å². The van der Waals surface area contributed by atoms with E-state index in [1.54, 1.807) is 12.3 Å². The third-order valence-electron chi connectivity index (χ3n) is 1.53. The number of aromatic nitrogens is 1. The van der Waals surface area contributed by atoms with Crippen molar-refractivity contribution < 1.29 is 0 Å². The summed E-state index contributed by atoms with van der Waals surface area (Å²) in [6.07, 6.45) is 1.55. The van der Waals surface area contributed by atoms with Gasteiger partial charge in [-0.2, -0.15) is 0 Å². The van der Waals surface area contributed by atoms with Gasteiger partial charge in [0.25, 0.3) is 0 Å². The molecule has 0 aliphatic rings. The molecule has 0 spiro atoms. The van der Waals surface area contributed by atoms with E-state index in [-0.39, 0.29) is 0 Å². The average molecular weight is 181 g/mol. The Morgan fingerprint density at radius 2 is 2.25 bits per heavy atom. The van der Waals surface area contributed by atoms with Gasteiger partial charge in [0, 0.05) is 6.20 Å². The van der Waals surface area contributed by atoms with Crippen molar-refractivity contribution in [2.75, 3.05) is 0 Å². The van der Waals surface area contributed by atoms with Gasteiger partial charge in [0.1, 0.15) is 0 Å². The van der Waals surface area contributed by atoms with Crippen molar-refractivity contribution in [2.45, 2.75) is 19.8 Å². The molecule has 1 aromatic heterocycles. The fourth-order valence-electron chi connectivity index (χ4n) is 0.924. The maximum Gasteiger partial charge on any atom is 0.206 e. The van der Waals surface area contributed by atoms with Crippen LogP contribution in [-0.2, 0) is 0 Å². The van der Waals surface area contributed by atoms with Crippen molar-refractivity contribution in [3.8, 4) is 0 Å². The molecule has 3 heteroatoms. The molecular formula is C9H9ClN2. The summed E-state index contributed by atoms with van der Waals surface area (Å²) in [5, 5.41) is 0.582. The summed E-state index contributed by atoms with van der Waals surface area (Å²) in [4.78, 5) is 7.34. The maximum absolute atomic E-state index is 6.74. The summed E-state index contributed by atoms with van der Waals surface area (Å²) in [5.74, 6) is 0.303. The Kier molecular flexibility index (Phi) is 2.67. The molecule has 0 aromatic carbocycles. The highest BCUT2D eigenvalue weighted by atomic mass is 35.5. The smallest absolute Gasteiger partial charge is 0.206 e. The maximum atomic E-state index is 6.74. The predicted octanol–water partition coefficient (Wildman–Crippen LogP) is 3.41. The van der Waals surface area contributed by atoms with Gasteiger partial charge in [0.05, 0.1) is 17.3 Å². The summed E-state index contributed by atoms with van der Waals surface area (Å²) in [7, 11) is 0. The summed E-state index contributed by atoms with van der Waals surface area (Å²) in [6.45, 7) is 10.8. The molecule has 0 fully saturated rings. The molecule has 0 aliphatic heterocycles. The molecule has 1 aromatic rings. The summed E-state index contributed by atoms with van der Waals surface area (Å²) < 4.78 is 0. The highest BCUT2D eigenvalue weighted by molar-refractivity contribution is 6.31. The first-order valence-corrected chi connectivity index (χ1v) is 4.06. The van der Waals surface area contributed by atoms with E-state index in [0.29, 0.717) is 16.6 Å². The highest BCUT2D eigenvalue weighted by Gasteiger charge is 2.06. The molecule has 0 bridgehead atoms. The van der Waals surface area contributed by atoms with Crippen LogP contribution in [0.5, 0.6) is 0 Å². The molecule has 0 aliphatic carbocycles. The molecule has 1 rings (SSSR count). The van der Waals surface area contributed by atoms with Crippen molar-refractivity contribution in [1.82, 2.24) is 4.98 Å². The van der Waals surface area contributed by atoms with Crippen LogP contribution in [0, 0.1) is 6.57 Å². The lowest BCUT2D eigenvalue weighted by molar-refractivity contribution is 0.824. The van der Waals surface area contributed by atoms with Crippen LogP contribution in [0.25, 0.3) is 4.85 Å². The van der Waals surface area contributed by atoms with E-state index in [0.717, 1.165) is 5.69 Å². The first kappa shape index (κ1) is 9.02. The van der Waals surface area contributed by atoms with E-state index < -0.39 is 0 Å². The largest absolute Gasteiger partial charge is 0.271 e. The van der Waals surface area contributed by atoms with Crippen molar-refractivity contribution in [3.63, 3.8) is 0 Å². The lowest BCUT2D eigenvalue weighted by Gasteiger charge is -2.05. The monoisotopic (exact) mass is 180 g/mol. The van der Waals surface area contributed by atoms with Crippen LogP contribution in [-0.4, -0.2) is 4.98 Å². The van der Waals surface area contributed by atoms with Gasteiger partial charge < -0.3 is 0 Å². The molecule has 1 heterocycles. The van der Waals surface area contributed by atoms with E-state index in [4.69, 9.17) is 18.2 Å². The molecule has 0 saturated carbocycles. The molecule has 0 atom stereocenters. The first-order chi connectivity index (χ1) is 5.65. The van der Waals surface area contributed by atoms with Crippen LogP contribution in [0.4, 0.5) is 5.69 Å². The van der Waals surface area contributed by atoms with Gasteiger partial charge in [-0.3, -0.25) is 4.98 Å². The molecule has 12 heavy (non-hydrogen) atoms. The lowest BCUT2D eigenvalue weighted by Crippen LogP contribution is -1.92. The van der Waals surface area contributed by atoms with E-state index in [1.165, 1.54) is 0 Å². The minimum Gasteiger partial charge on any atom is -0.271 e. The van der Waals surface area contributed by atoms with Gasteiger partial charge in [0.2, 0.25) is 5.69 Å². The van der Waals surface area contributed by atoms with Crippen molar-refractivity contribution in [3.05, 3.63) is 34.4 Å². The minimum absolute atomic E-state index is 0.303. The second kappa shape index (κ2) is 3.55. The van der Waals surface area contributed by atoms with Crippen LogP contribution in [0.3, 0.4) is 0 Å². The molecule has 0 unspecified atom stereocenters. The molecule has 0 radical (unpaired) electrons. The summed E-state index contributed by atoms with van der Waals surface area (Å²) >= 11 is 5.90. The van der Waals surface area contributed by atoms with Crippen LogP contribution in [0.2, 0.25) is 5.02 Å². The fraction of sp³-hybridized carbons (Fsp3) is 0.333. The number of pyridine rings is 1. The zero-order valence-electron chi connectivity index (χ0n) is 7.00. The number of hydrogen-bond donors (Lipinski definition) is 0. The Balaban J connectivity index is 3.14. The zero-order valence-corrected chi connectivity index (χ0v) is 7.76. The fourth-order valence-corrected chi connectivity index (χ4v) is 1.30. The summed E-state index contributed by atoms with van der Waals surface area (Å²) in [6, 6.07) is 1.65. The van der Waals surface area contributed by atoms with Gasteiger partial charge >= 0.3 is 0 Å². The topological polar surface area (TPSA) is 17.2 Å². The molecule has 0 amide bonds. The second-order valence-corrected chi connectivity index (χ2v) is 3.23. The average Bonchev–Trinajstić information content (AvgIpc) is 2.03. The van der Waals surface area contributed by atoms with Gasteiger partial charge in [0.15, 0.2) is 0 Å². The summed E-state index contributed by atoms with van der Waals surface area (Å²) in [5.41, 5.74) is 1.34. The van der Waals surface area contributed by atoms with E-state index in [2.05, 4.69) is 9.83 Å². The van der Waals surface area contributed by atoms with Gasteiger partial charge in [-0.05, 0) is 12.0 Å². The Hall–Kier alpha value is -1.07. The Labute approximate surface area is 77.0 Å². The third-order valence-corrected chi connectivity index (χ3v) is 1.83. The third kappa shape index (κ3) is 1.75. The van der Waals surface area contributed by atoms with Gasteiger partial charge in [-0.25, -0.2) is 4.85 Å². The zero-order chi connectivity index (χ0) is 9.14. The van der Waals surface area contributed by atoms with Crippen molar-refractivity contribution in [1.29, 1.82) is 0 Å². The number of halogens is 1. The minimum atomic E-state index is 0.303. The van der Waals surface area contributed by atoms with Gasteiger partial charge in [-0.1, -0.05) is 25.4 Å². The molecule has 2 nitrogen and oxygen atoms in total. The first-order valence-electron chi connectivity index (χ1n) is 3.68.